The largest absolute Gasteiger partial charge is 0.381 e. The Hall–Kier alpha value is -2.34. The first-order chi connectivity index (χ1) is 13.8. The number of aromatic nitrogens is 1. The summed E-state index contributed by atoms with van der Waals surface area (Å²) in [6, 6.07) is 2.32. The lowest BCUT2D eigenvalue weighted by molar-refractivity contribution is -0.123. The average molecular weight is 402 g/mol. The molecule has 1 aliphatic heterocycles. The maximum atomic E-state index is 12.8. The third-order valence-corrected chi connectivity index (χ3v) is 5.86. The molecule has 1 atom stereocenters. The molecule has 0 radical (unpaired) electrons. The summed E-state index contributed by atoms with van der Waals surface area (Å²) in [5.41, 5.74) is 4.16. The Morgan fingerprint density at radius 3 is 2.62 bits per heavy atom. The number of hydrogen-bond acceptors (Lipinski definition) is 4. The molecule has 160 valence electrons. The van der Waals surface area contributed by atoms with Gasteiger partial charge in [0, 0.05) is 49.3 Å². The Morgan fingerprint density at radius 2 is 2.07 bits per heavy atom. The van der Waals surface area contributed by atoms with Crippen LogP contribution < -0.4 is 10.9 Å². The number of hydrogen-bond donors (Lipinski definition) is 2. The third-order valence-electron chi connectivity index (χ3n) is 5.86. The second kappa shape index (κ2) is 10.4. The van der Waals surface area contributed by atoms with Crippen LogP contribution in [0.15, 0.2) is 34.8 Å². The predicted molar refractivity (Wildman–Crippen MR) is 117 cm³/mol. The van der Waals surface area contributed by atoms with Crippen LogP contribution in [0.3, 0.4) is 0 Å². The summed E-state index contributed by atoms with van der Waals surface area (Å²) >= 11 is 0. The number of allylic oxidation sites excluding steroid dienone is 1. The molecular formula is C23H35N3O3. The highest BCUT2D eigenvalue weighted by Crippen LogP contribution is 2.25. The van der Waals surface area contributed by atoms with E-state index in [0.29, 0.717) is 11.6 Å². The Labute approximate surface area is 174 Å². The lowest BCUT2D eigenvalue weighted by atomic mass is 9.96. The first-order valence-electron chi connectivity index (χ1n) is 10.4. The van der Waals surface area contributed by atoms with Gasteiger partial charge in [-0.25, -0.2) is 0 Å². The fourth-order valence-electron chi connectivity index (χ4n) is 3.98. The van der Waals surface area contributed by atoms with E-state index in [2.05, 4.69) is 28.7 Å². The van der Waals surface area contributed by atoms with Crippen molar-refractivity contribution in [3.63, 3.8) is 0 Å². The van der Waals surface area contributed by atoms with E-state index in [0.717, 1.165) is 55.1 Å². The van der Waals surface area contributed by atoms with Crippen LogP contribution in [-0.4, -0.2) is 41.6 Å². The van der Waals surface area contributed by atoms with Gasteiger partial charge in [0.05, 0.1) is 5.92 Å². The number of H-pyrrole nitrogens is 1. The molecule has 29 heavy (non-hydrogen) atoms. The van der Waals surface area contributed by atoms with Crippen LogP contribution in [0.4, 0.5) is 0 Å². The fraction of sp³-hybridized carbons (Fsp3) is 0.565. The van der Waals surface area contributed by atoms with Crippen molar-refractivity contribution in [2.75, 3.05) is 19.8 Å². The number of pyridine rings is 1. The number of ether oxygens (including phenoxy) is 1. The summed E-state index contributed by atoms with van der Waals surface area (Å²) in [5, 5.41) is 2.93. The molecule has 2 heterocycles. The maximum absolute atomic E-state index is 12.8. The molecule has 0 aliphatic carbocycles. The van der Waals surface area contributed by atoms with E-state index in [-0.39, 0.29) is 23.9 Å². The highest BCUT2D eigenvalue weighted by Gasteiger charge is 2.25. The van der Waals surface area contributed by atoms with Crippen LogP contribution in [0.2, 0.25) is 0 Å². The number of aryl methyl sites for hydroxylation is 2. The number of nitrogens with one attached hydrogen (secondary N) is 2. The topological polar surface area (TPSA) is 74.4 Å². The first kappa shape index (κ1) is 22.9. The molecule has 0 spiro atoms. The summed E-state index contributed by atoms with van der Waals surface area (Å²) in [6.07, 6.45) is 3.82. The number of amides is 1. The molecule has 1 aliphatic rings. The molecule has 0 bridgehead atoms. The molecule has 2 rings (SSSR count). The van der Waals surface area contributed by atoms with Crippen LogP contribution in [0.5, 0.6) is 0 Å². The molecule has 1 fully saturated rings. The number of nitrogens with zero attached hydrogens (tertiary/aromatic N) is 1. The molecular weight excluding hydrogens is 366 g/mol. The van der Waals surface area contributed by atoms with E-state index >= 15 is 0 Å². The minimum Gasteiger partial charge on any atom is -0.381 e. The first-order valence-corrected chi connectivity index (χ1v) is 10.4. The van der Waals surface area contributed by atoms with Gasteiger partial charge in [-0.3, -0.25) is 9.59 Å². The highest BCUT2D eigenvalue weighted by atomic mass is 16.5. The lowest BCUT2D eigenvalue weighted by Crippen LogP contribution is -2.40. The van der Waals surface area contributed by atoms with Crippen molar-refractivity contribution in [3.8, 4) is 0 Å². The molecule has 6 nitrogen and oxygen atoms in total. The highest BCUT2D eigenvalue weighted by molar-refractivity contribution is 5.81. The molecule has 1 saturated heterocycles. The van der Waals surface area contributed by atoms with E-state index < -0.39 is 0 Å². The second-order valence-electron chi connectivity index (χ2n) is 7.78. The molecule has 1 amide bonds. The molecule has 1 aromatic rings. The van der Waals surface area contributed by atoms with Gasteiger partial charge in [-0.15, -0.1) is 0 Å². The van der Waals surface area contributed by atoms with Gasteiger partial charge in [0.1, 0.15) is 0 Å². The average Bonchev–Trinajstić information content (AvgIpc) is 2.70. The van der Waals surface area contributed by atoms with Gasteiger partial charge in [-0.05, 0) is 70.7 Å². The molecule has 0 saturated carbocycles. The van der Waals surface area contributed by atoms with Gasteiger partial charge in [-0.2, -0.15) is 0 Å². The normalized spacial score (nSPS) is 16.7. The summed E-state index contributed by atoms with van der Waals surface area (Å²) < 4.78 is 5.49. The Balaban J connectivity index is 2.15. The van der Waals surface area contributed by atoms with Crippen molar-refractivity contribution >= 4 is 5.91 Å². The molecule has 0 aromatic carbocycles. The zero-order chi connectivity index (χ0) is 21.6. The van der Waals surface area contributed by atoms with Crippen LogP contribution >= 0.6 is 0 Å². The molecule has 1 aromatic heterocycles. The van der Waals surface area contributed by atoms with Gasteiger partial charge in [0.25, 0.3) is 5.56 Å². The Kier molecular flexibility index (Phi) is 8.26. The maximum Gasteiger partial charge on any atom is 0.253 e. The standard InChI is InChI=1S/C23H35N3O3/c1-7-21(26(8-2)19-9-11-29-12-10-19)17(5)18(6)22(27)24-14-20-15(3)13-16(4)25-23(20)28/h7,13,18-19H,1,8-12,14H2,2-6H3,(H,24,27)(H,25,28)/b21-17+. The fourth-order valence-corrected chi connectivity index (χ4v) is 3.98. The van der Waals surface area contributed by atoms with Gasteiger partial charge in [-0.1, -0.05) is 6.58 Å². The summed E-state index contributed by atoms with van der Waals surface area (Å²) in [7, 11) is 0. The van der Waals surface area contributed by atoms with Crippen LogP contribution in [0.25, 0.3) is 0 Å². The summed E-state index contributed by atoms with van der Waals surface area (Å²) in [5.74, 6) is -0.411. The number of carbonyl (C=O) groups is 1. The van der Waals surface area contributed by atoms with E-state index in [9.17, 15) is 9.59 Å². The van der Waals surface area contributed by atoms with Crippen LogP contribution in [0.1, 0.15) is 50.4 Å². The summed E-state index contributed by atoms with van der Waals surface area (Å²) in [6.45, 7) is 16.4. The Morgan fingerprint density at radius 1 is 1.41 bits per heavy atom. The van der Waals surface area contributed by atoms with E-state index in [1.54, 1.807) is 0 Å². The van der Waals surface area contributed by atoms with E-state index in [4.69, 9.17) is 4.74 Å². The number of carbonyl (C=O) groups excluding carboxylic acids is 1. The number of rotatable bonds is 8. The van der Waals surface area contributed by atoms with Gasteiger partial charge in [0.15, 0.2) is 0 Å². The smallest absolute Gasteiger partial charge is 0.253 e. The van der Waals surface area contributed by atoms with Crippen molar-refractivity contribution in [3.05, 3.63) is 57.2 Å². The molecule has 6 heteroatoms. The van der Waals surface area contributed by atoms with Gasteiger partial charge >= 0.3 is 0 Å². The summed E-state index contributed by atoms with van der Waals surface area (Å²) in [4.78, 5) is 30.1. The SMILES string of the molecule is C=C/C(=C(/C)C(C)C(=O)NCc1c(C)cc(C)[nH]c1=O)N(CC)C1CCOCC1. The third kappa shape index (κ3) is 5.60. The van der Waals surface area contributed by atoms with Crippen LogP contribution in [-0.2, 0) is 16.1 Å². The van der Waals surface area contributed by atoms with Crippen molar-refractivity contribution in [1.29, 1.82) is 0 Å². The quantitative estimate of drug-likeness (QED) is 0.656. The minimum absolute atomic E-state index is 0.0933. The second-order valence-corrected chi connectivity index (χ2v) is 7.78. The van der Waals surface area contributed by atoms with Gasteiger partial charge in [0.2, 0.25) is 5.91 Å². The minimum atomic E-state index is -0.318. The van der Waals surface area contributed by atoms with Crippen molar-refractivity contribution in [1.82, 2.24) is 15.2 Å². The van der Waals surface area contributed by atoms with Crippen molar-refractivity contribution < 1.29 is 9.53 Å². The number of likely N-dealkylation sites (N-methyl/N-ethyl adjacent to an activating group) is 1. The predicted octanol–water partition coefficient (Wildman–Crippen LogP) is 3.20. The van der Waals surface area contributed by atoms with Crippen molar-refractivity contribution in [2.45, 2.75) is 60.0 Å². The lowest BCUT2D eigenvalue weighted by Gasteiger charge is -2.37. The van der Waals surface area contributed by atoms with Crippen molar-refractivity contribution in [2.24, 2.45) is 5.92 Å². The Bertz CT molecular complexity index is 819. The molecule has 2 N–H and O–H groups in total. The zero-order valence-corrected chi connectivity index (χ0v) is 18.4. The zero-order valence-electron chi connectivity index (χ0n) is 18.4. The monoisotopic (exact) mass is 401 g/mol. The molecule has 1 unspecified atom stereocenters. The van der Waals surface area contributed by atoms with Gasteiger partial charge < -0.3 is 19.9 Å². The van der Waals surface area contributed by atoms with Crippen LogP contribution in [0, 0.1) is 19.8 Å². The van der Waals surface area contributed by atoms with E-state index in [1.165, 1.54) is 0 Å². The van der Waals surface area contributed by atoms with E-state index in [1.807, 2.05) is 39.8 Å². The number of aromatic amines is 1.